The smallest absolute Gasteiger partial charge is 0.133 e. The minimum Gasteiger partial charge on any atom is -0.496 e. The van der Waals surface area contributed by atoms with Crippen LogP contribution in [-0.4, -0.2) is 14.2 Å². The lowest BCUT2D eigenvalue weighted by Gasteiger charge is -2.08. The second-order valence-electron chi connectivity index (χ2n) is 3.67. The van der Waals surface area contributed by atoms with E-state index in [9.17, 15) is 0 Å². The quantitative estimate of drug-likeness (QED) is 0.931. The van der Waals surface area contributed by atoms with E-state index in [4.69, 9.17) is 4.74 Å². The molecule has 0 fully saturated rings. The first-order chi connectivity index (χ1) is 7.76. The zero-order chi connectivity index (χ0) is 11.5. The maximum Gasteiger partial charge on any atom is 0.133 e. The highest BCUT2D eigenvalue weighted by atomic mass is 79.9. The second-order valence-corrected chi connectivity index (χ2v) is 4.46. The van der Waals surface area contributed by atoms with Crippen molar-refractivity contribution >= 4 is 26.7 Å². The van der Waals surface area contributed by atoms with Gasteiger partial charge >= 0.3 is 0 Å². The van der Waals surface area contributed by atoms with Crippen LogP contribution in [0.2, 0.25) is 0 Å². The first-order valence-corrected chi connectivity index (χ1v) is 5.95. The number of methoxy groups -OCH3 is 1. The van der Waals surface area contributed by atoms with Crippen molar-refractivity contribution in [3.63, 3.8) is 0 Å². The summed E-state index contributed by atoms with van der Waals surface area (Å²) in [5.74, 6) is 0.869. The molecular formula is C13H14BrNO. The van der Waals surface area contributed by atoms with E-state index in [1.807, 2.05) is 13.1 Å². The van der Waals surface area contributed by atoms with Gasteiger partial charge in [0.2, 0.25) is 0 Å². The first-order valence-electron chi connectivity index (χ1n) is 5.16. The lowest BCUT2D eigenvalue weighted by Crippen LogP contribution is -2.04. The summed E-state index contributed by atoms with van der Waals surface area (Å²) >= 11 is 3.56. The standard InChI is InChI=1S/C13H14BrNO/c1-15-8-9-3-5-11-10(7-9)4-6-12(16-2)13(11)14/h3-7,15H,8H2,1-2H3. The molecule has 2 nitrogen and oxygen atoms in total. The van der Waals surface area contributed by atoms with Crippen molar-refractivity contribution in [1.82, 2.24) is 5.32 Å². The van der Waals surface area contributed by atoms with Gasteiger partial charge in [-0.25, -0.2) is 0 Å². The van der Waals surface area contributed by atoms with Gasteiger partial charge in [0.05, 0.1) is 11.6 Å². The van der Waals surface area contributed by atoms with Gasteiger partial charge in [-0.2, -0.15) is 0 Å². The van der Waals surface area contributed by atoms with Crippen LogP contribution in [0, 0.1) is 0 Å². The molecule has 0 heterocycles. The number of rotatable bonds is 3. The fourth-order valence-corrected chi connectivity index (χ4v) is 2.45. The Balaban J connectivity index is 2.56. The average molecular weight is 280 g/mol. The van der Waals surface area contributed by atoms with E-state index in [2.05, 4.69) is 45.5 Å². The maximum atomic E-state index is 5.27. The van der Waals surface area contributed by atoms with Gasteiger partial charge in [-0.3, -0.25) is 0 Å². The molecular weight excluding hydrogens is 266 g/mol. The molecule has 0 saturated carbocycles. The summed E-state index contributed by atoms with van der Waals surface area (Å²) in [4.78, 5) is 0. The van der Waals surface area contributed by atoms with Crippen molar-refractivity contribution in [3.8, 4) is 5.75 Å². The Hall–Kier alpha value is -1.06. The average Bonchev–Trinajstić information content (AvgIpc) is 2.30. The van der Waals surface area contributed by atoms with Gasteiger partial charge in [-0.1, -0.05) is 18.2 Å². The highest BCUT2D eigenvalue weighted by Crippen LogP contribution is 2.33. The summed E-state index contributed by atoms with van der Waals surface area (Å²) in [5.41, 5.74) is 1.28. The van der Waals surface area contributed by atoms with Crippen molar-refractivity contribution < 1.29 is 4.74 Å². The maximum absolute atomic E-state index is 5.27. The van der Waals surface area contributed by atoms with Crippen molar-refractivity contribution in [3.05, 3.63) is 40.4 Å². The number of halogens is 1. The van der Waals surface area contributed by atoms with Crippen molar-refractivity contribution in [2.45, 2.75) is 6.54 Å². The minimum atomic E-state index is 0.869. The van der Waals surface area contributed by atoms with E-state index in [0.717, 1.165) is 16.8 Å². The molecule has 2 aromatic rings. The van der Waals surface area contributed by atoms with Crippen LogP contribution in [0.1, 0.15) is 5.56 Å². The molecule has 84 valence electrons. The lowest BCUT2D eigenvalue weighted by molar-refractivity contribution is 0.413. The zero-order valence-corrected chi connectivity index (χ0v) is 11.0. The number of benzene rings is 2. The van der Waals surface area contributed by atoms with E-state index >= 15 is 0 Å². The normalized spacial score (nSPS) is 10.7. The topological polar surface area (TPSA) is 21.3 Å². The number of hydrogen-bond acceptors (Lipinski definition) is 2. The first kappa shape index (κ1) is 11.4. The Kier molecular flexibility index (Phi) is 3.46. The number of nitrogens with one attached hydrogen (secondary N) is 1. The highest BCUT2D eigenvalue weighted by Gasteiger charge is 2.05. The molecule has 2 rings (SSSR count). The summed E-state index contributed by atoms with van der Waals surface area (Å²) in [6.45, 7) is 0.888. The van der Waals surface area contributed by atoms with Gasteiger partial charge in [0.15, 0.2) is 0 Å². The van der Waals surface area contributed by atoms with E-state index in [1.54, 1.807) is 7.11 Å². The van der Waals surface area contributed by atoms with E-state index in [-0.39, 0.29) is 0 Å². The Morgan fingerprint density at radius 3 is 2.75 bits per heavy atom. The van der Waals surface area contributed by atoms with Crippen LogP contribution < -0.4 is 10.1 Å². The highest BCUT2D eigenvalue weighted by molar-refractivity contribution is 9.10. The van der Waals surface area contributed by atoms with Crippen LogP contribution >= 0.6 is 15.9 Å². The van der Waals surface area contributed by atoms with Gasteiger partial charge in [0, 0.05) is 6.54 Å². The van der Waals surface area contributed by atoms with Crippen LogP contribution in [0.25, 0.3) is 10.8 Å². The van der Waals surface area contributed by atoms with Crippen molar-refractivity contribution in [2.24, 2.45) is 0 Å². The SMILES string of the molecule is CNCc1ccc2c(Br)c(OC)ccc2c1. The predicted molar refractivity (Wildman–Crippen MR) is 71.0 cm³/mol. The third kappa shape index (κ3) is 2.06. The molecule has 0 aliphatic carbocycles. The van der Waals surface area contributed by atoms with Gasteiger partial charge in [-0.15, -0.1) is 0 Å². The van der Waals surface area contributed by atoms with Gasteiger partial charge < -0.3 is 10.1 Å². The molecule has 0 bridgehead atoms. The molecule has 16 heavy (non-hydrogen) atoms. The minimum absolute atomic E-state index is 0.869. The summed E-state index contributed by atoms with van der Waals surface area (Å²) in [6.07, 6.45) is 0. The van der Waals surface area contributed by atoms with E-state index in [0.29, 0.717) is 0 Å². The molecule has 0 aromatic heterocycles. The molecule has 2 aromatic carbocycles. The number of fused-ring (bicyclic) bond motifs is 1. The van der Waals surface area contributed by atoms with Crippen LogP contribution in [-0.2, 0) is 6.54 Å². The Morgan fingerprint density at radius 2 is 2.06 bits per heavy atom. The Bertz CT molecular complexity index is 511. The van der Waals surface area contributed by atoms with Crippen LogP contribution in [0.15, 0.2) is 34.8 Å². The van der Waals surface area contributed by atoms with Crippen molar-refractivity contribution in [2.75, 3.05) is 14.2 Å². The van der Waals surface area contributed by atoms with Crippen molar-refractivity contribution in [1.29, 1.82) is 0 Å². The molecule has 0 aliphatic rings. The molecule has 0 spiro atoms. The Labute approximate surface area is 104 Å². The summed E-state index contributed by atoms with van der Waals surface area (Å²) in [6, 6.07) is 10.5. The van der Waals surface area contributed by atoms with Gasteiger partial charge in [0.25, 0.3) is 0 Å². The molecule has 0 radical (unpaired) electrons. The fourth-order valence-electron chi connectivity index (χ4n) is 1.79. The van der Waals surface area contributed by atoms with Gasteiger partial charge in [-0.05, 0) is 51.4 Å². The number of ether oxygens (including phenoxy) is 1. The molecule has 0 saturated heterocycles. The summed E-state index contributed by atoms with van der Waals surface area (Å²) < 4.78 is 6.29. The van der Waals surface area contributed by atoms with Gasteiger partial charge in [0.1, 0.15) is 5.75 Å². The molecule has 1 N–H and O–H groups in total. The molecule has 3 heteroatoms. The summed E-state index contributed by atoms with van der Waals surface area (Å²) in [7, 11) is 3.63. The zero-order valence-electron chi connectivity index (χ0n) is 9.38. The molecule has 0 amide bonds. The molecule has 0 atom stereocenters. The molecule has 0 unspecified atom stereocenters. The monoisotopic (exact) mass is 279 g/mol. The second kappa shape index (κ2) is 4.85. The fraction of sp³-hybridized carbons (Fsp3) is 0.231. The third-order valence-electron chi connectivity index (χ3n) is 2.58. The summed E-state index contributed by atoms with van der Waals surface area (Å²) in [5, 5.41) is 5.55. The predicted octanol–water partition coefficient (Wildman–Crippen LogP) is 3.33. The Morgan fingerprint density at radius 1 is 1.25 bits per heavy atom. The largest absolute Gasteiger partial charge is 0.496 e. The number of hydrogen-bond donors (Lipinski definition) is 1. The third-order valence-corrected chi connectivity index (χ3v) is 3.40. The van der Waals surface area contributed by atoms with E-state index < -0.39 is 0 Å². The molecule has 0 aliphatic heterocycles. The van der Waals surface area contributed by atoms with Crippen LogP contribution in [0.4, 0.5) is 0 Å². The van der Waals surface area contributed by atoms with Crippen LogP contribution in [0.5, 0.6) is 5.75 Å². The van der Waals surface area contributed by atoms with E-state index in [1.165, 1.54) is 16.3 Å². The lowest BCUT2D eigenvalue weighted by atomic mass is 10.1. The van der Waals surface area contributed by atoms with Crippen LogP contribution in [0.3, 0.4) is 0 Å².